The summed E-state index contributed by atoms with van der Waals surface area (Å²) < 4.78 is 26.8. The van der Waals surface area contributed by atoms with Gasteiger partial charge in [0.25, 0.3) is 0 Å². The van der Waals surface area contributed by atoms with Gasteiger partial charge in [-0.1, -0.05) is 6.92 Å². The van der Waals surface area contributed by atoms with Gasteiger partial charge in [0, 0.05) is 17.7 Å². The molecule has 0 aliphatic carbocycles. The van der Waals surface area contributed by atoms with Gasteiger partial charge in [0.1, 0.15) is 11.6 Å². The maximum atomic E-state index is 13.5. The molecular formula is C12H15F2N. The number of halogens is 2. The zero-order valence-corrected chi connectivity index (χ0v) is 8.82. The Bertz CT molecular complexity index is 357. The molecule has 0 bridgehead atoms. The molecule has 0 amide bonds. The van der Waals surface area contributed by atoms with Gasteiger partial charge in [0.05, 0.1) is 0 Å². The predicted molar refractivity (Wildman–Crippen MR) is 55.7 cm³/mol. The molecule has 1 heterocycles. The first-order valence-electron chi connectivity index (χ1n) is 5.43. The minimum atomic E-state index is -0.434. The zero-order chi connectivity index (χ0) is 10.8. The van der Waals surface area contributed by atoms with E-state index < -0.39 is 11.6 Å². The molecule has 1 fully saturated rings. The molecule has 1 aliphatic rings. The second-order valence-electron chi connectivity index (χ2n) is 3.97. The Morgan fingerprint density at radius 1 is 1.33 bits per heavy atom. The minimum absolute atomic E-state index is 0.0656. The third-order valence-electron chi connectivity index (χ3n) is 2.98. The van der Waals surface area contributed by atoms with Crippen molar-refractivity contribution >= 4 is 0 Å². The Morgan fingerprint density at radius 2 is 2.13 bits per heavy atom. The van der Waals surface area contributed by atoms with E-state index in [1.54, 1.807) is 6.07 Å². The van der Waals surface area contributed by atoms with E-state index in [0.29, 0.717) is 17.5 Å². The molecule has 0 aromatic heterocycles. The minimum Gasteiger partial charge on any atom is -0.310 e. The second-order valence-corrected chi connectivity index (χ2v) is 3.97. The van der Waals surface area contributed by atoms with Crippen LogP contribution in [0, 0.1) is 11.6 Å². The lowest BCUT2D eigenvalue weighted by Gasteiger charge is -2.13. The zero-order valence-electron chi connectivity index (χ0n) is 8.82. The molecule has 1 atom stereocenters. The van der Waals surface area contributed by atoms with Crippen molar-refractivity contribution in [3.05, 3.63) is 34.9 Å². The van der Waals surface area contributed by atoms with Gasteiger partial charge < -0.3 is 5.32 Å². The highest BCUT2D eigenvalue weighted by molar-refractivity contribution is 5.29. The quantitative estimate of drug-likeness (QED) is 0.793. The second kappa shape index (κ2) is 4.27. The van der Waals surface area contributed by atoms with Crippen molar-refractivity contribution in [2.45, 2.75) is 32.2 Å². The van der Waals surface area contributed by atoms with E-state index >= 15 is 0 Å². The van der Waals surface area contributed by atoms with E-state index in [2.05, 4.69) is 5.32 Å². The van der Waals surface area contributed by atoms with Crippen molar-refractivity contribution in [2.24, 2.45) is 0 Å². The van der Waals surface area contributed by atoms with Crippen molar-refractivity contribution in [3.8, 4) is 0 Å². The molecule has 2 rings (SSSR count). The number of aryl methyl sites for hydroxylation is 1. The van der Waals surface area contributed by atoms with Gasteiger partial charge in [-0.05, 0) is 37.4 Å². The van der Waals surface area contributed by atoms with Gasteiger partial charge in [-0.15, -0.1) is 0 Å². The fourth-order valence-corrected chi connectivity index (χ4v) is 2.10. The number of hydrogen-bond donors (Lipinski definition) is 1. The fourth-order valence-electron chi connectivity index (χ4n) is 2.10. The molecule has 3 heteroatoms. The smallest absolute Gasteiger partial charge is 0.130 e. The molecule has 1 saturated heterocycles. The Labute approximate surface area is 88.5 Å². The monoisotopic (exact) mass is 211 g/mol. The molecule has 1 unspecified atom stereocenters. The lowest BCUT2D eigenvalue weighted by Crippen LogP contribution is -2.15. The summed E-state index contributed by atoms with van der Waals surface area (Å²) in [5.41, 5.74) is 1.21. The molecule has 82 valence electrons. The average molecular weight is 211 g/mol. The molecule has 1 N–H and O–H groups in total. The van der Waals surface area contributed by atoms with Crippen molar-refractivity contribution in [2.75, 3.05) is 6.54 Å². The lowest BCUT2D eigenvalue weighted by molar-refractivity contribution is 0.534. The standard InChI is InChI=1S/C12H15F2N/c1-2-8-6-9(11(14)7-10(8)13)12-4-3-5-15-12/h6-7,12,15H,2-5H2,1H3. The summed E-state index contributed by atoms with van der Waals surface area (Å²) in [5.74, 6) is -0.860. The average Bonchev–Trinajstić information content (AvgIpc) is 2.71. The first-order valence-corrected chi connectivity index (χ1v) is 5.43. The maximum Gasteiger partial charge on any atom is 0.130 e. The molecule has 15 heavy (non-hydrogen) atoms. The van der Waals surface area contributed by atoms with E-state index in [1.165, 1.54) is 0 Å². The highest BCUT2D eigenvalue weighted by atomic mass is 19.1. The van der Waals surface area contributed by atoms with Gasteiger partial charge in [0.15, 0.2) is 0 Å². The van der Waals surface area contributed by atoms with Crippen molar-refractivity contribution in [1.82, 2.24) is 5.32 Å². The van der Waals surface area contributed by atoms with Gasteiger partial charge in [-0.25, -0.2) is 8.78 Å². The number of hydrogen-bond acceptors (Lipinski definition) is 1. The summed E-state index contributed by atoms with van der Waals surface area (Å²) in [5, 5.41) is 3.22. The van der Waals surface area contributed by atoms with E-state index in [0.717, 1.165) is 25.5 Å². The van der Waals surface area contributed by atoms with Crippen molar-refractivity contribution < 1.29 is 8.78 Å². The van der Waals surface area contributed by atoms with Crippen LogP contribution in [0.15, 0.2) is 12.1 Å². The molecule has 1 aromatic rings. The van der Waals surface area contributed by atoms with Crippen molar-refractivity contribution in [1.29, 1.82) is 0 Å². The normalized spacial score (nSPS) is 20.9. The van der Waals surface area contributed by atoms with Crippen molar-refractivity contribution in [3.63, 3.8) is 0 Å². The van der Waals surface area contributed by atoms with Gasteiger partial charge in [-0.2, -0.15) is 0 Å². The Kier molecular flexibility index (Phi) is 3.00. The first-order chi connectivity index (χ1) is 7.22. The molecule has 0 radical (unpaired) electrons. The van der Waals surface area contributed by atoms with E-state index in [9.17, 15) is 8.78 Å². The molecule has 0 spiro atoms. The number of rotatable bonds is 2. The van der Waals surface area contributed by atoms with Crippen LogP contribution in [0.1, 0.15) is 36.9 Å². The van der Waals surface area contributed by atoms with Crippen LogP contribution in [-0.4, -0.2) is 6.54 Å². The highest BCUT2D eigenvalue weighted by Gasteiger charge is 2.20. The molecule has 1 aliphatic heterocycles. The summed E-state index contributed by atoms with van der Waals surface area (Å²) >= 11 is 0. The van der Waals surface area contributed by atoms with Crippen LogP contribution < -0.4 is 5.32 Å². The van der Waals surface area contributed by atoms with Crippen LogP contribution in [0.3, 0.4) is 0 Å². The molecular weight excluding hydrogens is 196 g/mol. The Morgan fingerprint density at radius 3 is 2.73 bits per heavy atom. The fraction of sp³-hybridized carbons (Fsp3) is 0.500. The highest BCUT2D eigenvalue weighted by Crippen LogP contribution is 2.27. The van der Waals surface area contributed by atoms with Gasteiger partial charge in [0.2, 0.25) is 0 Å². The molecule has 1 aromatic carbocycles. The summed E-state index contributed by atoms with van der Waals surface area (Å²) in [6, 6.07) is 2.73. The van der Waals surface area contributed by atoms with Gasteiger partial charge in [-0.3, -0.25) is 0 Å². The summed E-state index contributed by atoms with van der Waals surface area (Å²) in [6.07, 6.45) is 2.60. The van der Waals surface area contributed by atoms with E-state index in [4.69, 9.17) is 0 Å². The van der Waals surface area contributed by atoms with E-state index in [-0.39, 0.29) is 6.04 Å². The number of nitrogens with one attached hydrogen (secondary N) is 1. The van der Waals surface area contributed by atoms with E-state index in [1.807, 2.05) is 6.92 Å². The summed E-state index contributed by atoms with van der Waals surface area (Å²) in [6.45, 7) is 2.80. The van der Waals surface area contributed by atoms with Gasteiger partial charge >= 0.3 is 0 Å². The van der Waals surface area contributed by atoms with Crippen LogP contribution in [0.25, 0.3) is 0 Å². The van der Waals surface area contributed by atoms with Crippen LogP contribution in [0.2, 0.25) is 0 Å². The maximum absolute atomic E-state index is 13.5. The summed E-state index contributed by atoms with van der Waals surface area (Å²) in [4.78, 5) is 0. The summed E-state index contributed by atoms with van der Waals surface area (Å²) in [7, 11) is 0. The topological polar surface area (TPSA) is 12.0 Å². The first kappa shape index (κ1) is 10.6. The van der Waals surface area contributed by atoms with Crippen LogP contribution >= 0.6 is 0 Å². The molecule has 0 saturated carbocycles. The Hall–Kier alpha value is -0.960. The van der Waals surface area contributed by atoms with Crippen LogP contribution in [0.5, 0.6) is 0 Å². The predicted octanol–water partition coefficient (Wildman–Crippen LogP) is 2.95. The molecule has 1 nitrogen and oxygen atoms in total. The van der Waals surface area contributed by atoms with Crippen LogP contribution in [-0.2, 0) is 6.42 Å². The van der Waals surface area contributed by atoms with Crippen LogP contribution in [0.4, 0.5) is 8.78 Å². The third-order valence-corrected chi connectivity index (χ3v) is 2.98. The Balaban J connectivity index is 2.37. The lowest BCUT2D eigenvalue weighted by atomic mass is 10.0. The number of benzene rings is 1. The largest absolute Gasteiger partial charge is 0.310 e. The SMILES string of the molecule is CCc1cc(C2CCCN2)c(F)cc1F. The third kappa shape index (κ3) is 2.02.